The summed E-state index contributed by atoms with van der Waals surface area (Å²) >= 11 is 1.46. The van der Waals surface area contributed by atoms with Crippen LogP contribution in [0.2, 0.25) is 0 Å². The number of carbonyl (C=O) groups excluding carboxylic acids is 2. The number of thiophene rings is 1. The van der Waals surface area contributed by atoms with Gasteiger partial charge in [0.05, 0.1) is 25.1 Å². The van der Waals surface area contributed by atoms with Gasteiger partial charge in [-0.2, -0.15) is 0 Å². The molecule has 0 unspecified atom stereocenters. The minimum atomic E-state index is -1.71. The van der Waals surface area contributed by atoms with Crippen LogP contribution in [-0.4, -0.2) is 60.9 Å². The zero-order chi connectivity index (χ0) is 28.9. The van der Waals surface area contributed by atoms with Gasteiger partial charge in [-0.25, -0.2) is 0 Å². The molecule has 9 nitrogen and oxygen atoms in total. The fraction of sp³-hybridized carbons (Fsp3) is 0.400. The number of esters is 2. The fourth-order valence-corrected chi connectivity index (χ4v) is 6.30. The Kier molecular flexibility index (Phi) is 12.6. The third-order valence-corrected chi connectivity index (χ3v) is 8.28. The van der Waals surface area contributed by atoms with Gasteiger partial charge in [0, 0.05) is 28.1 Å². The van der Waals surface area contributed by atoms with Gasteiger partial charge in [-0.3, -0.25) is 20.4 Å². The molecule has 2 heterocycles. The number of benzene rings is 2. The number of halogens is 2. The van der Waals surface area contributed by atoms with Crippen molar-refractivity contribution < 1.29 is 23.8 Å². The minimum Gasteiger partial charge on any atom is -0.491 e. The van der Waals surface area contributed by atoms with Crippen LogP contribution >= 0.6 is 36.2 Å². The van der Waals surface area contributed by atoms with Gasteiger partial charge in [-0.1, -0.05) is 12.1 Å². The van der Waals surface area contributed by atoms with Gasteiger partial charge in [-0.05, 0) is 81.0 Å². The molecule has 2 aromatic carbocycles. The van der Waals surface area contributed by atoms with Gasteiger partial charge in [0.2, 0.25) is 0 Å². The van der Waals surface area contributed by atoms with E-state index in [4.69, 9.17) is 30.8 Å². The van der Waals surface area contributed by atoms with Crippen LogP contribution in [0.3, 0.4) is 0 Å². The average Bonchev–Trinajstić information content (AvgIpc) is 3.57. The monoisotopic (exact) mass is 636 g/mol. The summed E-state index contributed by atoms with van der Waals surface area (Å²) in [4.78, 5) is 30.1. The van der Waals surface area contributed by atoms with E-state index in [1.165, 1.54) is 11.3 Å². The smallest absolute Gasteiger partial charge is 0.328 e. The molecular weight excluding hydrogens is 599 g/mol. The molecule has 0 spiro atoms. The maximum atomic E-state index is 13.6. The molecular formula is C30H38Cl2N4O5S. The van der Waals surface area contributed by atoms with Gasteiger partial charge >= 0.3 is 11.9 Å². The molecule has 12 heteroatoms. The van der Waals surface area contributed by atoms with Crippen molar-refractivity contribution in [2.45, 2.75) is 51.5 Å². The van der Waals surface area contributed by atoms with Crippen molar-refractivity contribution in [1.82, 2.24) is 4.90 Å². The van der Waals surface area contributed by atoms with E-state index in [2.05, 4.69) is 0 Å². The lowest BCUT2D eigenvalue weighted by Crippen LogP contribution is -2.48. The van der Waals surface area contributed by atoms with E-state index in [0.29, 0.717) is 29.3 Å². The maximum absolute atomic E-state index is 13.6. The zero-order valence-corrected chi connectivity index (χ0v) is 26.4. The van der Waals surface area contributed by atoms with Crippen molar-refractivity contribution in [3.8, 4) is 5.75 Å². The summed E-state index contributed by atoms with van der Waals surface area (Å²) in [5.41, 5.74) is 5.01. The number of hydrogen-bond donors (Lipinski definition) is 3. The Morgan fingerprint density at radius 2 is 1.67 bits per heavy atom. The summed E-state index contributed by atoms with van der Waals surface area (Å²) in [7, 11) is 0. The molecule has 1 aliphatic heterocycles. The van der Waals surface area contributed by atoms with Crippen LogP contribution in [0.4, 0.5) is 0 Å². The molecule has 0 amide bonds. The first kappa shape index (κ1) is 34.9. The number of carbonyl (C=O) groups is 2. The molecule has 1 atom stereocenters. The van der Waals surface area contributed by atoms with Crippen molar-refractivity contribution in [2.24, 2.45) is 5.73 Å². The number of amidine groups is 2. The molecule has 0 bridgehead atoms. The predicted octanol–water partition coefficient (Wildman–Crippen LogP) is 5.48. The molecule has 0 aliphatic carbocycles. The summed E-state index contributed by atoms with van der Waals surface area (Å²) in [6.45, 7) is 6.72. The zero-order valence-electron chi connectivity index (χ0n) is 23.9. The molecule has 1 saturated heterocycles. The van der Waals surface area contributed by atoms with Crippen LogP contribution in [0.25, 0.3) is 10.1 Å². The van der Waals surface area contributed by atoms with Crippen LogP contribution in [-0.2, 0) is 30.9 Å². The van der Waals surface area contributed by atoms with E-state index in [1.807, 2.05) is 23.1 Å². The molecule has 228 valence electrons. The average molecular weight is 638 g/mol. The Morgan fingerprint density at radius 3 is 2.24 bits per heavy atom. The Bertz CT molecular complexity index is 1390. The van der Waals surface area contributed by atoms with Crippen molar-refractivity contribution >= 4 is 69.8 Å². The number of ether oxygens (including phenoxy) is 3. The third-order valence-electron chi connectivity index (χ3n) is 7.16. The number of nitrogens with one attached hydrogen (secondary N) is 2. The van der Waals surface area contributed by atoms with Gasteiger partial charge in [0.25, 0.3) is 0 Å². The number of nitrogens with two attached hydrogens (primary N) is 1. The van der Waals surface area contributed by atoms with E-state index < -0.39 is 17.4 Å². The number of nitrogens with zero attached hydrogens (tertiary/aromatic N) is 1. The molecule has 1 aliphatic rings. The van der Waals surface area contributed by atoms with Crippen molar-refractivity contribution in [3.05, 3.63) is 64.5 Å². The molecule has 1 aromatic heterocycles. The predicted molar refractivity (Wildman–Crippen MR) is 171 cm³/mol. The summed E-state index contributed by atoms with van der Waals surface area (Å²) in [5.74, 6) is -0.232. The Morgan fingerprint density at radius 1 is 1.02 bits per heavy atom. The topological polar surface area (TPSA) is 139 Å². The molecule has 4 N–H and O–H groups in total. The minimum absolute atomic E-state index is 0. The highest BCUT2D eigenvalue weighted by Crippen LogP contribution is 2.37. The van der Waals surface area contributed by atoms with E-state index in [0.717, 1.165) is 34.3 Å². The second kappa shape index (κ2) is 15.2. The summed E-state index contributed by atoms with van der Waals surface area (Å²) < 4.78 is 17.9. The maximum Gasteiger partial charge on any atom is 0.328 e. The highest BCUT2D eigenvalue weighted by atomic mass is 35.5. The van der Waals surface area contributed by atoms with Crippen molar-refractivity contribution in [3.63, 3.8) is 0 Å². The van der Waals surface area contributed by atoms with E-state index >= 15 is 0 Å². The summed E-state index contributed by atoms with van der Waals surface area (Å²) in [5, 5.41) is 16.6. The normalized spacial score (nSPS) is 14.5. The standard InChI is InChI=1S/C30H36N4O5S.2ClH/c1-4-37-28(35)30(29(36)38-5-2,17-25-16-21-15-20(27(32)33)8-13-26(21)40-25)22-9-11-24(12-10-22)39-18-23-7-6-14-34(23)19(3)31;;/h8-13,15-16,23,31H,4-7,14,17-18H2,1-3H3,(H3,32,33);2*1H/t23-;;/m1../s1. The lowest BCUT2D eigenvalue weighted by molar-refractivity contribution is -0.164. The van der Waals surface area contributed by atoms with E-state index in [1.54, 1.807) is 51.1 Å². The van der Waals surface area contributed by atoms with E-state index in [9.17, 15) is 9.59 Å². The van der Waals surface area contributed by atoms with Gasteiger partial charge in [0.15, 0.2) is 5.41 Å². The number of hydrogen-bond acceptors (Lipinski definition) is 8. The van der Waals surface area contributed by atoms with Crippen LogP contribution in [0.5, 0.6) is 5.75 Å². The highest BCUT2D eigenvalue weighted by Gasteiger charge is 2.51. The van der Waals surface area contributed by atoms with E-state index in [-0.39, 0.29) is 56.3 Å². The number of rotatable bonds is 11. The lowest BCUT2D eigenvalue weighted by Gasteiger charge is -2.29. The second-order valence-corrected chi connectivity index (χ2v) is 11.0. The number of likely N-dealkylation sites (tertiary alicyclic amines) is 1. The molecule has 3 aromatic rings. The summed E-state index contributed by atoms with van der Waals surface area (Å²) in [6, 6.07) is 14.5. The SMILES string of the molecule is CCOC(=O)C(Cc1cc2cc(C(=N)N)ccc2s1)(C(=O)OCC)c1ccc(OC[C@H]2CCCN2C(C)=N)cc1.Cl.Cl. The molecule has 4 rings (SSSR count). The van der Waals surface area contributed by atoms with Crippen molar-refractivity contribution in [2.75, 3.05) is 26.4 Å². The molecule has 0 radical (unpaired) electrons. The Labute approximate surface area is 262 Å². The Hall–Kier alpha value is -3.34. The number of nitrogen functional groups attached to an aromatic ring is 1. The largest absolute Gasteiger partial charge is 0.491 e. The van der Waals surface area contributed by atoms with Crippen LogP contribution < -0.4 is 10.5 Å². The van der Waals surface area contributed by atoms with Crippen LogP contribution in [0.1, 0.15) is 49.6 Å². The first-order chi connectivity index (χ1) is 19.2. The van der Waals surface area contributed by atoms with Crippen molar-refractivity contribution in [1.29, 1.82) is 10.8 Å². The quantitative estimate of drug-likeness (QED) is 0.110. The lowest BCUT2D eigenvalue weighted by atomic mass is 9.76. The second-order valence-electron chi connectivity index (χ2n) is 9.81. The first-order valence-corrected chi connectivity index (χ1v) is 14.3. The fourth-order valence-electron chi connectivity index (χ4n) is 5.17. The third kappa shape index (κ3) is 7.35. The van der Waals surface area contributed by atoms with Crippen LogP contribution in [0.15, 0.2) is 48.5 Å². The van der Waals surface area contributed by atoms with Gasteiger partial charge < -0.3 is 24.8 Å². The molecule has 1 fully saturated rings. The van der Waals surface area contributed by atoms with Gasteiger partial charge in [0.1, 0.15) is 18.2 Å². The molecule has 0 saturated carbocycles. The Balaban J connectivity index is 0.00000308. The highest BCUT2D eigenvalue weighted by molar-refractivity contribution is 7.19. The first-order valence-electron chi connectivity index (χ1n) is 13.5. The van der Waals surface area contributed by atoms with Gasteiger partial charge in [-0.15, -0.1) is 36.2 Å². The number of fused-ring (bicyclic) bond motifs is 1. The summed E-state index contributed by atoms with van der Waals surface area (Å²) in [6.07, 6.45) is 2.04. The molecule has 42 heavy (non-hydrogen) atoms. The van der Waals surface area contributed by atoms with Crippen LogP contribution in [0, 0.1) is 10.8 Å².